The molecule has 0 aromatic rings. The second-order valence-corrected chi connectivity index (χ2v) is 4.49. The molecule has 2 nitrogen and oxygen atoms in total. The van der Waals surface area contributed by atoms with E-state index in [-0.39, 0.29) is 13.8 Å². The Kier molecular flexibility index (Phi) is 3.83. The molecule has 0 saturated heterocycles. The molecule has 4 atom stereocenters. The van der Waals surface area contributed by atoms with Crippen LogP contribution in [0.25, 0.3) is 0 Å². The lowest BCUT2D eigenvalue weighted by atomic mass is 9.75. The molecule has 0 aromatic carbocycles. The molecule has 0 heterocycles. The van der Waals surface area contributed by atoms with E-state index in [1.165, 1.54) is 0 Å². The third kappa shape index (κ3) is 2.24. The molecule has 4 unspecified atom stereocenters. The number of allylic oxidation sites excluding steroid dienone is 1. The minimum Gasteiger partial charge on any atom is -0.446 e. The molecule has 0 N–H and O–H groups in total. The van der Waals surface area contributed by atoms with Crippen molar-refractivity contribution in [3.63, 3.8) is 0 Å². The highest BCUT2D eigenvalue weighted by atomic mass is 19.4. The summed E-state index contributed by atoms with van der Waals surface area (Å²) < 4.78 is 107. The van der Waals surface area contributed by atoms with Crippen LogP contribution in [0.3, 0.4) is 0 Å². The van der Waals surface area contributed by atoms with Crippen LogP contribution in [-0.2, 0) is 9.53 Å². The Morgan fingerprint density at radius 2 is 1.50 bits per heavy atom. The van der Waals surface area contributed by atoms with E-state index in [0.29, 0.717) is 0 Å². The second-order valence-electron chi connectivity index (χ2n) is 4.49. The van der Waals surface area contributed by atoms with Crippen molar-refractivity contribution in [3.05, 3.63) is 11.7 Å². The SMILES string of the molecule is CC1(F)C(F)C(F)=C(F)C(F)C1(C)OC(=O)C(F)(F)F. The molecule has 1 aliphatic rings. The van der Waals surface area contributed by atoms with Crippen molar-refractivity contribution in [2.45, 2.75) is 43.6 Å². The Hall–Kier alpha value is -1.35. The maximum atomic E-state index is 14.0. The predicted molar refractivity (Wildman–Crippen MR) is 49.1 cm³/mol. The average molecular weight is 312 g/mol. The number of hydrogen-bond acceptors (Lipinski definition) is 2. The Bertz CT molecular complexity index is 455. The van der Waals surface area contributed by atoms with Gasteiger partial charge < -0.3 is 4.74 Å². The molecule has 0 saturated carbocycles. The van der Waals surface area contributed by atoms with E-state index in [1.54, 1.807) is 0 Å². The summed E-state index contributed by atoms with van der Waals surface area (Å²) in [6.07, 6.45) is -12.5. The highest BCUT2D eigenvalue weighted by Gasteiger charge is 2.67. The van der Waals surface area contributed by atoms with Gasteiger partial charge in [0.15, 0.2) is 35.3 Å². The number of halogens is 8. The van der Waals surface area contributed by atoms with E-state index < -0.39 is 47.4 Å². The summed E-state index contributed by atoms with van der Waals surface area (Å²) in [5.41, 5.74) is -7.26. The van der Waals surface area contributed by atoms with Crippen LogP contribution in [0.2, 0.25) is 0 Å². The molecule has 0 bridgehead atoms. The van der Waals surface area contributed by atoms with Crippen LogP contribution in [-0.4, -0.2) is 35.8 Å². The lowest BCUT2D eigenvalue weighted by Crippen LogP contribution is -2.64. The van der Waals surface area contributed by atoms with Crippen molar-refractivity contribution in [2.75, 3.05) is 0 Å². The largest absolute Gasteiger partial charge is 0.490 e. The number of carbonyl (C=O) groups excluding carboxylic acids is 1. The fourth-order valence-electron chi connectivity index (χ4n) is 1.62. The Morgan fingerprint density at radius 1 is 1.10 bits per heavy atom. The van der Waals surface area contributed by atoms with Gasteiger partial charge in [-0.1, -0.05) is 0 Å². The molecule has 0 spiro atoms. The normalized spacial score (nSPS) is 38.9. The molecule has 0 radical (unpaired) electrons. The summed E-state index contributed by atoms with van der Waals surface area (Å²) in [5.74, 6) is -7.93. The number of ether oxygens (including phenoxy) is 1. The Morgan fingerprint density at radius 3 is 1.90 bits per heavy atom. The van der Waals surface area contributed by atoms with Crippen molar-refractivity contribution in [3.8, 4) is 0 Å². The van der Waals surface area contributed by atoms with Crippen LogP contribution >= 0.6 is 0 Å². The zero-order valence-electron chi connectivity index (χ0n) is 9.99. The summed E-state index contributed by atoms with van der Waals surface area (Å²) in [7, 11) is 0. The third-order valence-electron chi connectivity index (χ3n) is 3.14. The molecule has 20 heavy (non-hydrogen) atoms. The minimum absolute atomic E-state index is 0.167. The van der Waals surface area contributed by atoms with Gasteiger partial charge in [0, 0.05) is 0 Å². The maximum absolute atomic E-state index is 14.0. The van der Waals surface area contributed by atoms with Crippen molar-refractivity contribution in [2.24, 2.45) is 0 Å². The first-order valence-electron chi connectivity index (χ1n) is 5.09. The lowest BCUT2D eigenvalue weighted by Gasteiger charge is -2.45. The Labute approximate surface area is 107 Å². The van der Waals surface area contributed by atoms with Crippen LogP contribution in [0.15, 0.2) is 11.7 Å². The molecule has 0 aliphatic heterocycles. The molecule has 1 rings (SSSR count). The monoisotopic (exact) mass is 312 g/mol. The molecule has 0 aromatic heterocycles. The summed E-state index contributed by atoms with van der Waals surface area (Å²) >= 11 is 0. The van der Waals surface area contributed by atoms with E-state index >= 15 is 0 Å². The van der Waals surface area contributed by atoms with Crippen molar-refractivity contribution in [1.29, 1.82) is 0 Å². The van der Waals surface area contributed by atoms with E-state index in [1.807, 2.05) is 0 Å². The van der Waals surface area contributed by atoms with Crippen LogP contribution < -0.4 is 0 Å². The van der Waals surface area contributed by atoms with Crippen molar-refractivity contribution < 1.29 is 44.7 Å². The number of rotatable bonds is 1. The van der Waals surface area contributed by atoms with E-state index in [9.17, 15) is 39.9 Å². The predicted octanol–water partition coefficient (Wildman–Crippen LogP) is 3.42. The van der Waals surface area contributed by atoms with Gasteiger partial charge in [-0.05, 0) is 13.8 Å². The smallest absolute Gasteiger partial charge is 0.446 e. The summed E-state index contributed by atoms with van der Waals surface area (Å²) in [5, 5.41) is 0. The van der Waals surface area contributed by atoms with Gasteiger partial charge in [-0.15, -0.1) is 0 Å². The highest BCUT2D eigenvalue weighted by Crippen LogP contribution is 2.49. The zero-order valence-corrected chi connectivity index (χ0v) is 9.99. The van der Waals surface area contributed by atoms with Crippen LogP contribution in [0.4, 0.5) is 35.1 Å². The first-order chi connectivity index (χ1) is 8.76. The number of alkyl halides is 6. The molecule has 116 valence electrons. The molecule has 10 heteroatoms. The molecule has 0 fully saturated rings. The van der Waals surface area contributed by atoms with Gasteiger partial charge in [-0.25, -0.2) is 26.7 Å². The van der Waals surface area contributed by atoms with Crippen molar-refractivity contribution >= 4 is 5.97 Å². The van der Waals surface area contributed by atoms with Gasteiger partial charge in [0.25, 0.3) is 0 Å². The van der Waals surface area contributed by atoms with Gasteiger partial charge in [0.1, 0.15) is 0 Å². The first-order valence-corrected chi connectivity index (χ1v) is 5.09. The Balaban J connectivity index is 3.30. The standard InChI is InChI=1S/C10H8F8O2/c1-8(15)5(13)3(11)4(12)6(14)9(8,2)20-7(19)10(16,17)18/h5-6H,1-2H3. The summed E-state index contributed by atoms with van der Waals surface area (Å²) in [4.78, 5) is 10.6. The fraction of sp³-hybridized carbons (Fsp3) is 0.700. The molecule has 1 aliphatic carbocycles. The van der Waals surface area contributed by atoms with Gasteiger partial charge in [-0.2, -0.15) is 13.2 Å². The quantitative estimate of drug-likeness (QED) is 0.548. The third-order valence-corrected chi connectivity index (χ3v) is 3.14. The zero-order chi connectivity index (χ0) is 16.1. The molecule has 0 amide bonds. The van der Waals surface area contributed by atoms with Gasteiger partial charge in [0.2, 0.25) is 0 Å². The number of hydrogen-bond donors (Lipinski definition) is 0. The van der Waals surface area contributed by atoms with Gasteiger partial charge in [0.05, 0.1) is 0 Å². The lowest BCUT2D eigenvalue weighted by molar-refractivity contribution is -0.240. The number of carbonyl (C=O) groups is 1. The summed E-state index contributed by atoms with van der Waals surface area (Å²) in [6, 6.07) is 0. The first kappa shape index (κ1) is 16.7. The van der Waals surface area contributed by atoms with Crippen LogP contribution in [0.5, 0.6) is 0 Å². The average Bonchev–Trinajstić information content (AvgIpc) is 2.32. The van der Waals surface area contributed by atoms with Gasteiger partial charge in [-0.3, -0.25) is 0 Å². The van der Waals surface area contributed by atoms with Crippen LogP contribution in [0.1, 0.15) is 13.8 Å². The van der Waals surface area contributed by atoms with Crippen molar-refractivity contribution in [1.82, 2.24) is 0 Å². The molecular weight excluding hydrogens is 304 g/mol. The maximum Gasteiger partial charge on any atom is 0.490 e. The van der Waals surface area contributed by atoms with E-state index in [2.05, 4.69) is 4.74 Å². The highest BCUT2D eigenvalue weighted by molar-refractivity contribution is 5.76. The molecular formula is C10H8F8O2. The van der Waals surface area contributed by atoms with E-state index in [0.717, 1.165) is 0 Å². The summed E-state index contributed by atoms with van der Waals surface area (Å²) in [6.45, 7) is 0.375. The number of esters is 1. The minimum atomic E-state index is -5.64. The van der Waals surface area contributed by atoms with Gasteiger partial charge >= 0.3 is 12.1 Å². The van der Waals surface area contributed by atoms with E-state index in [4.69, 9.17) is 0 Å². The fourth-order valence-corrected chi connectivity index (χ4v) is 1.62. The van der Waals surface area contributed by atoms with Crippen LogP contribution in [0, 0.1) is 0 Å². The second kappa shape index (κ2) is 4.59. The topological polar surface area (TPSA) is 26.3 Å².